The van der Waals surface area contributed by atoms with E-state index in [1.165, 1.54) is 0 Å². The molecule has 2 rings (SSSR count). The van der Waals surface area contributed by atoms with Crippen LogP contribution in [0, 0.1) is 6.92 Å². The van der Waals surface area contributed by atoms with Crippen LogP contribution in [0.1, 0.15) is 24.7 Å². The molecule has 3 unspecified atom stereocenters. The third kappa shape index (κ3) is 2.42. The molecule has 4 nitrogen and oxygen atoms in total. The molecule has 4 heteroatoms. The monoisotopic (exact) mass is 237 g/mol. The smallest absolute Gasteiger partial charge is 0.141 e. The van der Waals surface area contributed by atoms with Crippen LogP contribution in [0.15, 0.2) is 12.1 Å². The van der Waals surface area contributed by atoms with Crippen LogP contribution in [0.2, 0.25) is 0 Å². The van der Waals surface area contributed by atoms with E-state index in [1.54, 1.807) is 7.11 Å². The zero-order valence-corrected chi connectivity index (χ0v) is 10.5. The van der Waals surface area contributed by atoms with E-state index in [0.717, 1.165) is 23.6 Å². The molecule has 1 N–H and O–H groups in total. The first-order valence-electron chi connectivity index (χ1n) is 5.99. The molecule has 1 aliphatic carbocycles. The number of rotatable bonds is 4. The number of hydrogen-bond donors (Lipinski definition) is 1. The SMILES string of the molecule is CCc1nc(C)ccc1OC1CC(O)C1OC. The summed E-state index contributed by atoms with van der Waals surface area (Å²) in [4.78, 5) is 4.44. The van der Waals surface area contributed by atoms with Gasteiger partial charge in [0.05, 0.1) is 11.8 Å². The summed E-state index contributed by atoms with van der Waals surface area (Å²) in [7, 11) is 1.59. The van der Waals surface area contributed by atoms with Gasteiger partial charge in [-0.2, -0.15) is 0 Å². The number of pyridine rings is 1. The number of aromatic nitrogens is 1. The molecule has 1 heterocycles. The standard InChI is InChI=1S/C13H19NO3/c1-4-9-11(6-5-8(2)14-9)17-12-7-10(15)13(12)16-3/h5-6,10,12-13,15H,4,7H2,1-3H3. The lowest BCUT2D eigenvalue weighted by Crippen LogP contribution is -2.54. The zero-order valence-electron chi connectivity index (χ0n) is 10.5. The quantitative estimate of drug-likeness (QED) is 0.861. The predicted molar refractivity (Wildman–Crippen MR) is 64.2 cm³/mol. The van der Waals surface area contributed by atoms with Crippen LogP contribution in [0.4, 0.5) is 0 Å². The van der Waals surface area contributed by atoms with Gasteiger partial charge >= 0.3 is 0 Å². The van der Waals surface area contributed by atoms with Gasteiger partial charge in [-0.05, 0) is 25.5 Å². The Balaban J connectivity index is 2.09. The lowest BCUT2D eigenvalue weighted by Gasteiger charge is -2.40. The van der Waals surface area contributed by atoms with Crippen molar-refractivity contribution in [3.63, 3.8) is 0 Å². The van der Waals surface area contributed by atoms with Crippen molar-refractivity contribution < 1.29 is 14.6 Å². The molecular weight excluding hydrogens is 218 g/mol. The summed E-state index contributed by atoms with van der Waals surface area (Å²) in [6, 6.07) is 3.88. The Morgan fingerprint density at radius 2 is 2.24 bits per heavy atom. The van der Waals surface area contributed by atoms with E-state index in [0.29, 0.717) is 6.42 Å². The Hall–Kier alpha value is -1.13. The Morgan fingerprint density at radius 1 is 1.47 bits per heavy atom. The Labute approximate surface area is 102 Å². The summed E-state index contributed by atoms with van der Waals surface area (Å²) >= 11 is 0. The molecule has 0 radical (unpaired) electrons. The van der Waals surface area contributed by atoms with Crippen molar-refractivity contribution in [1.82, 2.24) is 4.98 Å². The molecule has 0 amide bonds. The number of aliphatic hydroxyl groups is 1. The average Bonchev–Trinajstić information content (AvgIpc) is 2.30. The van der Waals surface area contributed by atoms with Crippen LogP contribution in [0.25, 0.3) is 0 Å². The van der Waals surface area contributed by atoms with Crippen molar-refractivity contribution >= 4 is 0 Å². The number of ether oxygens (including phenoxy) is 2. The van der Waals surface area contributed by atoms with E-state index < -0.39 is 6.10 Å². The van der Waals surface area contributed by atoms with Crippen LogP contribution >= 0.6 is 0 Å². The minimum atomic E-state index is -0.409. The highest BCUT2D eigenvalue weighted by atomic mass is 16.6. The lowest BCUT2D eigenvalue weighted by atomic mass is 9.88. The van der Waals surface area contributed by atoms with Crippen molar-refractivity contribution in [3.05, 3.63) is 23.5 Å². The highest BCUT2D eigenvalue weighted by Gasteiger charge is 2.42. The normalized spacial score (nSPS) is 27.6. The summed E-state index contributed by atoms with van der Waals surface area (Å²) in [6.07, 6.45) is 0.763. The molecule has 0 bridgehead atoms. The maximum absolute atomic E-state index is 9.51. The van der Waals surface area contributed by atoms with E-state index >= 15 is 0 Å². The Morgan fingerprint density at radius 3 is 2.82 bits per heavy atom. The number of aryl methyl sites for hydroxylation is 2. The Kier molecular flexibility index (Phi) is 3.64. The number of methoxy groups -OCH3 is 1. The topological polar surface area (TPSA) is 51.6 Å². The first kappa shape index (κ1) is 12.3. The number of aliphatic hydroxyl groups excluding tert-OH is 1. The second-order valence-electron chi connectivity index (χ2n) is 4.41. The van der Waals surface area contributed by atoms with Crippen LogP contribution in [-0.2, 0) is 11.2 Å². The average molecular weight is 237 g/mol. The molecule has 0 spiro atoms. The molecular formula is C13H19NO3. The molecule has 94 valence electrons. The van der Waals surface area contributed by atoms with Crippen molar-refractivity contribution in [2.24, 2.45) is 0 Å². The molecule has 0 aliphatic heterocycles. The summed E-state index contributed by atoms with van der Waals surface area (Å²) in [5, 5.41) is 9.51. The van der Waals surface area contributed by atoms with E-state index in [9.17, 15) is 5.11 Å². The van der Waals surface area contributed by atoms with Gasteiger partial charge in [-0.3, -0.25) is 4.98 Å². The fraction of sp³-hybridized carbons (Fsp3) is 0.615. The second kappa shape index (κ2) is 5.02. The maximum atomic E-state index is 9.51. The molecule has 0 aromatic carbocycles. The van der Waals surface area contributed by atoms with Crippen LogP contribution in [0.5, 0.6) is 5.75 Å². The molecule has 1 fully saturated rings. The number of hydrogen-bond acceptors (Lipinski definition) is 4. The van der Waals surface area contributed by atoms with Gasteiger partial charge in [0.15, 0.2) is 0 Å². The maximum Gasteiger partial charge on any atom is 0.141 e. The molecule has 3 atom stereocenters. The van der Waals surface area contributed by atoms with Crippen LogP contribution < -0.4 is 4.74 Å². The van der Waals surface area contributed by atoms with Gasteiger partial charge in [-0.25, -0.2) is 0 Å². The minimum Gasteiger partial charge on any atom is -0.486 e. The van der Waals surface area contributed by atoms with E-state index in [-0.39, 0.29) is 12.2 Å². The fourth-order valence-corrected chi connectivity index (χ4v) is 2.10. The fourth-order valence-electron chi connectivity index (χ4n) is 2.10. The molecule has 0 saturated heterocycles. The summed E-state index contributed by atoms with van der Waals surface area (Å²) in [5.74, 6) is 0.803. The summed E-state index contributed by atoms with van der Waals surface area (Å²) in [6.45, 7) is 4.02. The van der Waals surface area contributed by atoms with Crippen molar-refractivity contribution in [2.45, 2.75) is 45.0 Å². The van der Waals surface area contributed by atoms with E-state index in [4.69, 9.17) is 9.47 Å². The van der Waals surface area contributed by atoms with Gasteiger partial charge in [0.2, 0.25) is 0 Å². The zero-order chi connectivity index (χ0) is 12.4. The molecule has 1 saturated carbocycles. The first-order valence-corrected chi connectivity index (χ1v) is 5.99. The molecule has 1 aromatic rings. The lowest BCUT2D eigenvalue weighted by molar-refractivity contribution is -0.149. The van der Waals surface area contributed by atoms with Crippen molar-refractivity contribution in [3.8, 4) is 5.75 Å². The largest absolute Gasteiger partial charge is 0.486 e. The van der Waals surface area contributed by atoms with Crippen molar-refractivity contribution in [1.29, 1.82) is 0 Å². The van der Waals surface area contributed by atoms with Crippen LogP contribution in [-0.4, -0.2) is 35.5 Å². The summed E-state index contributed by atoms with van der Waals surface area (Å²) in [5.41, 5.74) is 1.95. The van der Waals surface area contributed by atoms with E-state index in [2.05, 4.69) is 11.9 Å². The van der Waals surface area contributed by atoms with Gasteiger partial charge in [-0.15, -0.1) is 0 Å². The van der Waals surface area contributed by atoms with Gasteiger partial charge in [-0.1, -0.05) is 6.92 Å². The second-order valence-corrected chi connectivity index (χ2v) is 4.41. The first-order chi connectivity index (χ1) is 8.15. The third-order valence-electron chi connectivity index (χ3n) is 3.18. The highest BCUT2D eigenvalue weighted by Crippen LogP contribution is 2.30. The van der Waals surface area contributed by atoms with Crippen molar-refractivity contribution in [2.75, 3.05) is 7.11 Å². The van der Waals surface area contributed by atoms with Gasteiger partial charge in [0, 0.05) is 19.2 Å². The predicted octanol–water partition coefficient (Wildman–Crippen LogP) is 1.48. The Bertz CT molecular complexity index is 394. The highest BCUT2D eigenvalue weighted by molar-refractivity contribution is 5.30. The van der Waals surface area contributed by atoms with E-state index in [1.807, 2.05) is 19.1 Å². The number of nitrogens with zero attached hydrogens (tertiary/aromatic N) is 1. The molecule has 1 aliphatic rings. The third-order valence-corrected chi connectivity index (χ3v) is 3.18. The summed E-state index contributed by atoms with van der Waals surface area (Å²) < 4.78 is 11.0. The van der Waals surface area contributed by atoms with Crippen LogP contribution in [0.3, 0.4) is 0 Å². The molecule has 17 heavy (non-hydrogen) atoms. The van der Waals surface area contributed by atoms with Gasteiger partial charge in [0.1, 0.15) is 18.0 Å². The molecule has 1 aromatic heterocycles. The minimum absolute atomic E-state index is 0.0650. The van der Waals surface area contributed by atoms with Gasteiger partial charge < -0.3 is 14.6 Å². The van der Waals surface area contributed by atoms with Gasteiger partial charge in [0.25, 0.3) is 0 Å².